The molecule has 26 heavy (non-hydrogen) atoms. The molecule has 0 radical (unpaired) electrons. The molecule has 0 atom stereocenters. The van der Waals surface area contributed by atoms with E-state index in [4.69, 9.17) is 4.74 Å². The molecule has 0 unspecified atom stereocenters. The van der Waals surface area contributed by atoms with E-state index in [-0.39, 0.29) is 12.3 Å². The first-order chi connectivity index (χ1) is 12.4. The number of carbonyl (C=O) groups excluding carboxylic acids is 1. The van der Waals surface area contributed by atoms with E-state index in [1.54, 1.807) is 13.3 Å². The Morgan fingerprint density at radius 3 is 2.62 bits per heavy atom. The number of benzene rings is 1. The number of fused-ring (bicyclic) bond motifs is 1. The summed E-state index contributed by atoms with van der Waals surface area (Å²) in [5.41, 5.74) is 3.09. The van der Waals surface area contributed by atoms with Gasteiger partial charge in [-0.15, -0.1) is 0 Å². The Balaban J connectivity index is 1.69. The van der Waals surface area contributed by atoms with Crippen molar-refractivity contribution >= 4 is 11.6 Å². The Bertz CT molecular complexity index is 843. The maximum atomic E-state index is 12.6. The zero-order valence-corrected chi connectivity index (χ0v) is 14.1. The molecular weight excluding hydrogens is 345 g/mol. The lowest BCUT2D eigenvalue weighted by Gasteiger charge is -2.13. The fourth-order valence-electron chi connectivity index (χ4n) is 2.92. The quantitative estimate of drug-likeness (QED) is 0.886. The summed E-state index contributed by atoms with van der Waals surface area (Å²) in [5.74, 6) is -0.295. The van der Waals surface area contributed by atoms with Crippen LogP contribution in [0.4, 0.5) is 13.2 Å². The molecule has 7 heteroatoms. The number of hydrogen-bond donors (Lipinski definition) is 1. The molecule has 1 aromatic carbocycles. The van der Waals surface area contributed by atoms with Crippen LogP contribution in [0.5, 0.6) is 0 Å². The summed E-state index contributed by atoms with van der Waals surface area (Å²) in [6.45, 7) is 0.400. The lowest BCUT2D eigenvalue weighted by molar-refractivity contribution is -0.137. The molecule has 4 nitrogen and oxygen atoms in total. The minimum absolute atomic E-state index is 0.00924. The molecule has 0 saturated carbocycles. The van der Waals surface area contributed by atoms with Crippen molar-refractivity contribution < 1.29 is 22.7 Å². The average Bonchev–Trinajstić information content (AvgIpc) is 2.99. The summed E-state index contributed by atoms with van der Waals surface area (Å²) in [6, 6.07) is 6.43. The topological polar surface area (TPSA) is 51.2 Å². The third-order valence-corrected chi connectivity index (χ3v) is 4.10. The van der Waals surface area contributed by atoms with E-state index in [9.17, 15) is 18.0 Å². The summed E-state index contributed by atoms with van der Waals surface area (Å²) in [4.78, 5) is 16.6. The minimum atomic E-state index is -4.39. The van der Waals surface area contributed by atoms with Crippen molar-refractivity contribution in [3.05, 3.63) is 70.6 Å². The van der Waals surface area contributed by atoms with Crippen molar-refractivity contribution in [2.24, 2.45) is 0 Å². The van der Waals surface area contributed by atoms with Crippen molar-refractivity contribution in [3.63, 3.8) is 0 Å². The van der Waals surface area contributed by atoms with Crippen LogP contribution in [0.25, 0.3) is 5.70 Å². The minimum Gasteiger partial charge on any atom is -0.380 e. The Hall–Kier alpha value is -2.67. The van der Waals surface area contributed by atoms with Gasteiger partial charge >= 0.3 is 6.18 Å². The number of rotatable bonds is 5. The number of ether oxygens (including phenoxy) is 1. The number of halogens is 3. The van der Waals surface area contributed by atoms with Crippen LogP contribution in [0.2, 0.25) is 0 Å². The van der Waals surface area contributed by atoms with Gasteiger partial charge in [-0.25, -0.2) is 0 Å². The van der Waals surface area contributed by atoms with Gasteiger partial charge in [-0.1, -0.05) is 18.2 Å². The second-order valence-electron chi connectivity index (χ2n) is 5.97. The molecule has 1 heterocycles. The zero-order chi connectivity index (χ0) is 18.7. The van der Waals surface area contributed by atoms with Crippen molar-refractivity contribution in [2.75, 3.05) is 7.11 Å². The lowest BCUT2D eigenvalue weighted by atomic mass is 10.1. The maximum Gasteiger partial charge on any atom is 0.416 e. The molecule has 1 aliphatic rings. The number of allylic oxidation sites excluding steroid dienone is 1. The van der Waals surface area contributed by atoms with E-state index in [0.29, 0.717) is 24.3 Å². The predicted molar refractivity (Wildman–Crippen MR) is 89.9 cm³/mol. The van der Waals surface area contributed by atoms with Crippen LogP contribution >= 0.6 is 0 Å². The highest BCUT2D eigenvalue weighted by atomic mass is 19.4. The Morgan fingerprint density at radius 1 is 1.23 bits per heavy atom. The van der Waals surface area contributed by atoms with Gasteiger partial charge in [-0.2, -0.15) is 13.2 Å². The van der Waals surface area contributed by atoms with Gasteiger partial charge in [0.15, 0.2) is 0 Å². The lowest BCUT2D eigenvalue weighted by Crippen LogP contribution is -2.24. The van der Waals surface area contributed by atoms with Gasteiger partial charge in [0.25, 0.3) is 0 Å². The third kappa shape index (κ3) is 3.94. The van der Waals surface area contributed by atoms with Gasteiger partial charge in [-0.3, -0.25) is 9.78 Å². The third-order valence-electron chi connectivity index (χ3n) is 4.10. The summed E-state index contributed by atoms with van der Waals surface area (Å²) in [6.07, 6.45) is -0.202. The van der Waals surface area contributed by atoms with Crippen LogP contribution in [0.1, 0.15) is 27.9 Å². The van der Waals surface area contributed by atoms with Gasteiger partial charge in [0, 0.05) is 31.0 Å². The molecule has 3 rings (SSSR count). The maximum absolute atomic E-state index is 12.6. The second-order valence-corrected chi connectivity index (χ2v) is 5.97. The first-order valence-electron chi connectivity index (χ1n) is 8.00. The van der Waals surface area contributed by atoms with Gasteiger partial charge in [0.2, 0.25) is 5.91 Å². The molecule has 0 bridgehead atoms. The molecule has 0 spiro atoms. The zero-order valence-electron chi connectivity index (χ0n) is 14.1. The van der Waals surface area contributed by atoms with E-state index in [2.05, 4.69) is 10.3 Å². The number of nitrogens with zero attached hydrogens (tertiary/aromatic N) is 1. The second kappa shape index (κ2) is 7.29. The van der Waals surface area contributed by atoms with Gasteiger partial charge in [-0.05, 0) is 29.3 Å². The molecule has 1 amide bonds. The molecule has 0 aliphatic heterocycles. The molecular formula is C19H17F3N2O2. The Kier molecular flexibility index (Phi) is 5.08. The normalized spacial score (nSPS) is 13.3. The van der Waals surface area contributed by atoms with E-state index in [1.165, 1.54) is 12.1 Å². The molecule has 0 fully saturated rings. The molecule has 2 aromatic rings. The number of hydrogen-bond acceptors (Lipinski definition) is 3. The largest absolute Gasteiger partial charge is 0.416 e. The highest BCUT2D eigenvalue weighted by Gasteiger charge is 2.30. The smallest absolute Gasteiger partial charge is 0.380 e. The number of amides is 1. The van der Waals surface area contributed by atoms with Crippen LogP contribution in [-0.2, 0) is 35.2 Å². The van der Waals surface area contributed by atoms with Gasteiger partial charge < -0.3 is 10.1 Å². The first kappa shape index (κ1) is 18.1. The number of carbonyl (C=O) groups is 1. The van der Waals surface area contributed by atoms with Crippen LogP contribution in [0.3, 0.4) is 0 Å². The summed E-state index contributed by atoms with van der Waals surface area (Å²) in [7, 11) is 1.59. The number of methoxy groups -OCH3 is 1. The predicted octanol–water partition coefficient (Wildman–Crippen LogP) is 3.50. The summed E-state index contributed by atoms with van der Waals surface area (Å²) < 4.78 is 43.0. The van der Waals surface area contributed by atoms with Crippen molar-refractivity contribution in [3.8, 4) is 0 Å². The molecule has 0 saturated heterocycles. The van der Waals surface area contributed by atoms with E-state index < -0.39 is 11.7 Å². The van der Waals surface area contributed by atoms with Crippen molar-refractivity contribution in [2.45, 2.75) is 25.6 Å². The summed E-state index contributed by atoms with van der Waals surface area (Å²) >= 11 is 0. The van der Waals surface area contributed by atoms with Crippen LogP contribution < -0.4 is 5.32 Å². The monoisotopic (exact) mass is 362 g/mol. The van der Waals surface area contributed by atoms with Gasteiger partial charge in [0.1, 0.15) is 0 Å². The van der Waals surface area contributed by atoms with E-state index in [1.807, 2.05) is 12.1 Å². The highest BCUT2D eigenvalue weighted by Crippen LogP contribution is 2.30. The number of nitrogens with one attached hydrogen (secondary N) is 1. The first-order valence-corrected chi connectivity index (χ1v) is 8.00. The Labute approximate surface area is 148 Å². The fourth-order valence-corrected chi connectivity index (χ4v) is 2.92. The van der Waals surface area contributed by atoms with Gasteiger partial charge in [0.05, 0.1) is 24.3 Å². The van der Waals surface area contributed by atoms with Crippen molar-refractivity contribution in [1.29, 1.82) is 0 Å². The molecule has 1 aromatic heterocycles. The highest BCUT2D eigenvalue weighted by molar-refractivity contribution is 5.90. The number of pyridine rings is 1. The summed E-state index contributed by atoms with van der Waals surface area (Å²) in [5, 5.41) is 2.83. The standard InChI is InChI=1S/C19H17F3N2O2/c1-26-11-13-8-9-23-15-6-7-16(18(13)15)24-17(25)10-12-2-4-14(5-3-12)19(20,21)22/h2-5,7-9H,6,10-11H2,1H3,(H,24,25). The SMILES string of the molecule is COCc1ccnc2c1C(NC(=O)Cc1ccc(C(F)(F)F)cc1)=CC2. The van der Waals surface area contributed by atoms with Crippen LogP contribution in [0, 0.1) is 0 Å². The fraction of sp³-hybridized carbons (Fsp3) is 0.263. The number of alkyl halides is 3. The number of aromatic nitrogens is 1. The van der Waals surface area contributed by atoms with Crippen LogP contribution in [-0.4, -0.2) is 18.0 Å². The van der Waals surface area contributed by atoms with Crippen molar-refractivity contribution in [1.82, 2.24) is 10.3 Å². The van der Waals surface area contributed by atoms with Crippen LogP contribution in [0.15, 0.2) is 42.6 Å². The average molecular weight is 362 g/mol. The Morgan fingerprint density at radius 2 is 1.96 bits per heavy atom. The molecule has 1 aliphatic carbocycles. The van der Waals surface area contributed by atoms with E-state index >= 15 is 0 Å². The molecule has 1 N–H and O–H groups in total. The van der Waals surface area contributed by atoms with E-state index in [0.717, 1.165) is 29.0 Å². The molecule has 136 valence electrons.